The average molecular weight is 448 g/mol. The Hall–Kier alpha value is -3.71. The maximum atomic E-state index is 12.4. The Morgan fingerprint density at radius 2 is 1.50 bits per heavy atom. The lowest BCUT2D eigenvalue weighted by Crippen LogP contribution is -2.34. The zero-order valence-electron chi connectivity index (χ0n) is 18.1. The van der Waals surface area contributed by atoms with Crippen molar-refractivity contribution in [1.29, 1.82) is 0 Å². The van der Waals surface area contributed by atoms with Crippen molar-refractivity contribution in [3.05, 3.63) is 89.5 Å². The van der Waals surface area contributed by atoms with Gasteiger partial charge in [0.25, 0.3) is 11.8 Å². The first-order valence-corrected chi connectivity index (χ1v) is 10.6. The van der Waals surface area contributed by atoms with Gasteiger partial charge in [-0.15, -0.1) is 0 Å². The predicted octanol–water partition coefficient (Wildman–Crippen LogP) is 5.16. The summed E-state index contributed by atoms with van der Waals surface area (Å²) >= 11 is 5.27. The molecule has 0 saturated heterocycles. The van der Waals surface area contributed by atoms with Crippen molar-refractivity contribution in [2.45, 2.75) is 26.9 Å². The molecule has 0 unspecified atom stereocenters. The van der Waals surface area contributed by atoms with Crippen molar-refractivity contribution in [2.24, 2.45) is 0 Å². The van der Waals surface area contributed by atoms with E-state index in [4.69, 9.17) is 17.0 Å². The zero-order valence-corrected chi connectivity index (χ0v) is 19.0. The van der Waals surface area contributed by atoms with Crippen LogP contribution in [-0.4, -0.2) is 23.0 Å². The standard InChI is InChI=1S/C25H25N3O3S/c1-16(2)31-21-12-9-19(10-13-21)24(30)28-25(32)26-20-11-14-22(17(3)15-20)27-23(29)18-7-5-4-6-8-18/h4-16H,1-3H3,(H,27,29)(H2,26,28,30,32). The van der Waals surface area contributed by atoms with Gasteiger partial charge in [-0.05, 0) is 93.1 Å². The Morgan fingerprint density at radius 3 is 2.12 bits per heavy atom. The van der Waals surface area contributed by atoms with Crippen LogP contribution in [0.5, 0.6) is 5.75 Å². The lowest BCUT2D eigenvalue weighted by molar-refractivity contribution is 0.0976. The number of hydrogen-bond donors (Lipinski definition) is 3. The van der Waals surface area contributed by atoms with Crippen molar-refractivity contribution in [3.63, 3.8) is 0 Å². The summed E-state index contributed by atoms with van der Waals surface area (Å²) in [5.74, 6) is 0.205. The minimum atomic E-state index is -0.318. The number of nitrogens with one attached hydrogen (secondary N) is 3. The summed E-state index contributed by atoms with van der Waals surface area (Å²) in [6, 6.07) is 21.3. The van der Waals surface area contributed by atoms with Crippen molar-refractivity contribution in [2.75, 3.05) is 10.6 Å². The number of carbonyl (C=O) groups is 2. The predicted molar refractivity (Wildman–Crippen MR) is 131 cm³/mol. The van der Waals surface area contributed by atoms with Gasteiger partial charge in [-0.2, -0.15) is 0 Å². The summed E-state index contributed by atoms with van der Waals surface area (Å²) < 4.78 is 5.58. The third-order valence-electron chi connectivity index (χ3n) is 4.48. The van der Waals surface area contributed by atoms with Gasteiger partial charge in [0.15, 0.2) is 5.11 Å². The zero-order chi connectivity index (χ0) is 23.1. The number of ether oxygens (including phenoxy) is 1. The minimum absolute atomic E-state index is 0.0629. The Kier molecular flexibility index (Phi) is 7.57. The third-order valence-corrected chi connectivity index (χ3v) is 4.69. The summed E-state index contributed by atoms with van der Waals surface area (Å²) in [7, 11) is 0. The van der Waals surface area contributed by atoms with Gasteiger partial charge in [0.05, 0.1) is 6.10 Å². The monoisotopic (exact) mass is 447 g/mol. The molecule has 0 aromatic heterocycles. The van der Waals surface area contributed by atoms with Crippen LogP contribution in [0.25, 0.3) is 0 Å². The van der Waals surface area contributed by atoms with Gasteiger partial charge in [0, 0.05) is 22.5 Å². The third kappa shape index (κ3) is 6.39. The molecular weight excluding hydrogens is 422 g/mol. The second kappa shape index (κ2) is 10.5. The first-order chi connectivity index (χ1) is 15.3. The van der Waals surface area contributed by atoms with E-state index in [9.17, 15) is 9.59 Å². The first-order valence-electron chi connectivity index (χ1n) is 10.2. The Labute approximate surface area is 193 Å². The van der Waals surface area contributed by atoms with Crippen molar-refractivity contribution < 1.29 is 14.3 Å². The quantitative estimate of drug-likeness (QED) is 0.455. The van der Waals surface area contributed by atoms with E-state index in [1.807, 2.05) is 45.0 Å². The Bertz CT molecular complexity index is 1110. The molecule has 0 spiro atoms. The highest BCUT2D eigenvalue weighted by molar-refractivity contribution is 7.80. The lowest BCUT2D eigenvalue weighted by Gasteiger charge is -2.13. The molecule has 164 valence electrons. The van der Waals surface area contributed by atoms with Crippen LogP contribution >= 0.6 is 12.2 Å². The van der Waals surface area contributed by atoms with Crippen LogP contribution in [0.3, 0.4) is 0 Å². The number of carbonyl (C=O) groups excluding carboxylic acids is 2. The maximum Gasteiger partial charge on any atom is 0.257 e. The van der Waals surface area contributed by atoms with E-state index in [2.05, 4.69) is 16.0 Å². The van der Waals surface area contributed by atoms with Crippen molar-refractivity contribution >= 4 is 40.5 Å². The molecule has 3 rings (SSSR count). The highest BCUT2D eigenvalue weighted by Crippen LogP contribution is 2.21. The summed E-state index contributed by atoms with van der Waals surface area (Å²) in [5.41, 5.74) is 3.31. The molecule has 0 aliphatic rings. The molecule has 0 bridgehead atoms. The second-order valence-electron chi connectivity index (χ2n) is 7.45. The van der Waals surface area contributed by atoms with E-state index in [1.165, 1.54) is 0 Å². The summed E-state index contributed by atoms with van der Waals surface area (Å²) in [6.45, 7) is 5.76. The van der Waals surface area contributed by atoms with Crippen LogP contribution in [0, 0.1) is 6.92 Å². The summed E-state index contributed by atoms with van der Waals surface area (Å²) in [5, 5.41) is 8.73. The molecule has 32 heavy (non-hydrogen) atoms. The fraction of sp³-hybridized carbons (Fsp3) is 0.160. The molecule has 3 N–H and O–H groups in total. The van der Waals surface area contributed by atoms with E-state index < -0.39 is 0 Å². The van der Waals surface area contributed by atoms with Gasteiger partial charge in [0.2, 0.25) is 0 Å². The molecule has 0 atom stereocenters. The van der Waals surface area contributed by atoms with Gasteiger partial charge in [-0.25, -0.2) is 0 Å². The smallest absolute Gasteiger partial charge is 0.257 e. The van der Waals surface area contributed by atoms with Crippen LogP contribution in [0.4, 0.5) is 11.4 Å². The molecule has 2 amide bonds. The first kappa shape index (κ1) is 23.0. The average Bonchev–Trinajstić information content (AvgIpc) is 2.76. The van der Waals surface area contributed by atoms with Crippen LogP contribution in [-0.2, 0) is 0 Å². The minimum Gasteiger partial charge on any atom is -0.491 e. The number of hydrogen-bond acceptors (Lipinski definition) is 4. The van der Waals surface area contributed by atoms with Gasteiger partial charge >= 0.3 is 0 Å². The molecular formula is C25H25N3O3S. The molecule has 0 aliphatic heterocycles. The van der Waals surface area contributed by atoms with Crippen molar-refractivity contribution in [1.82, 2.24) is 5.32 Å². The van der Waals surface area contributed by atoms with E-state index in [-0.39, 0.29) is 23.0 Å². The lowest BCUT2D eigenvalue weighted by atomic mass is 10.1. The van der Waals surface area contributed by atoms with E-state index >= 15 is 0 Å². The van der Waals surface area contributed by atoms with Crippen LogP contribution < -0.4 is 20.7 Å². The molecule has 0 saturated carbocycles. The largest absolute Gasteiger partial charge is 0.491 e. The Balaban J connectivity index is 1.57. The van der Waals surface area contributed by atoms with E-state index in [0.717, 1.165) is 5.56 Å². The highest BCUT2D eigenvalue weighted by Gasteiger charge is 2.11. The normalized spacial score (nSPS) is 10.4. The molecule has 0 fully saturated rings. The number of aryl methyl sites for hydroxylation is 1. The van der Waals surface area contributed by atoms with Gasteiger partial charge in [-0.1, -0.05) is 18.2 Å². The topological polar surface area (TPSA) is 79.5 Å². The fourth-order valence-corrected chi connectivity index (χ4v) is 3.17. The van der Waals surface area contributed by atoms with Gasteiger partial charge < -0.3 is 15.4 Å². The maximum absolute atomic E-state index is 12.4. The number of anilines is 2. The fourth-order valence-electron chi connectivity index (χ4n) is 2.96. The van der Waals surface area contributed by atoms with Crippen LogP contribution in [0.15, 0.2) is 72.8 Å². The molecule has 3 aromatic carbocycles. The van der Waals surface area contributed by atoms with Crippen molar-refractivity contribution in [3.8, 4) is 5.75 Å². The molecule has 7 heteroatoms. The number of amides is 2. The highest BCUT2D eigenvalue weighted by atomic mass is 32.1. The molecule has 0 heterocycles. The SMILES string of the molecule is Cc1cc(NC(=S)NC(=O)c2ccc(OC(C)C)cc2)ccc1NC(=O)c1ccccc1. The number of rotatable bonds is 6. The Morgan fingerprint density at radius 1 is 0.844 bits per heavy atom. The number of benzene rings is 3. The van der Waals surface area contributed by atoms with Gasteiger partial charge in [0.1, 0.15) is 5.75 Å². The van der Waals surface area contributed by atoms with Crippen LogP contribution in [0.2, 0.25) is 0 Å². The summed E-state index contributed by atoms with van der Waals surface area (Å²) in [4.78, 5) is 24.8. The number of thiocarbonyl (C=S) groups is 1. The summed E-state index contributed by atoms with van der Waals surface area (Å²) in [6.07, 6.45) is 0.0629. The second-order valence-corrected chi connectivity index (χ2v) is 7.86. The van der Waals surface area contributed by atoms with Gasteiger partial charge in [-0.3, -0.25) is 14.9 Å². The molecule has 0 aliphatic carbocycles. The molecule has 6 nitrogen and oxygen atoms in total. The van der Waals surface area contributed by atoms with E-state index in [1.54, 1.807) is 48.5 Å². The molecule has 0 radical (unpaired) electrons. The van der Waals surface area contributed by atoms with Crippen LogP contribution in [0.1, 0.15) is 40.1 Å². The molecule has 3 aromatic rings. The van der Waals surface area contributed by atoms with E-state index in [0.29, 0.717) is 28.3 Å².